The van der Waals surface area contributed by atoms with Crippen LogP contribution >= 0.6 is 0 Å². The molecule has 1 aromatic carbocycles. The zero-order chi connectivity index (χ0) is 16.3. The van der Waals surface area contributed by atoms with Crippen LogP contribution in [0, 0.1) is 0 Å². The standard InChI is InChI=1S/C17H21NO4/c1-17(2,3)22-16(21)18-14(15(19)20)10-12-9-8-11-6-4-5-7-13(11)12/h4-7,9,14H,8,10H2,1-3H3,(H,18,21)(H,19,20)/t14-/m1/s1. The van der Waals surface area contributed by atoms with Crippen molar-refractivity contribution in [3.05, 3.63) is 41.5 Å². The van der Waals surface area contributed by atoms with Crippen molar-refractivity contribution in [2.75, 3.05) is 0 Å². The van der Waals surface area contributed by atoms with E-state index >= 15 is 0 Å². The second-order valence-corrected chi connectivity index (χ2v) is 6.33. The minimum absolute atomic E-state index is 0.242. The Hall–Kier alpha value is -2.30. The van der Waals surface area contributed by atoms with E-state index in [0.717, 1.165) is 17.6 Å². The number of hydrogen-bond donors (Lipinski definition) is 2. The van der Waals surface area contributed by atoms with Gasteiger partial charge in [0.2, 0.25) is 0 Å². The van der Waals surface area contributed by atoms with Gasteiger partial charge in [0.25, 0.3) is 0 Å². The van der Waals surface area contributed by atoms with Gasteiger partial charge >= 0.3 is 12.1 Å². The van der Waals surface area contributed by atoms with Crippen molar-refractivity contribution in [3.8, 4) is 0 Å². The first kappa shape index (κ1) is 16.1. The topological polar surface area (TPSA) is 75.6 Å². The van der Waals surface area contributed by atoms with Gasteiger partial charge in [-0.2, -0.15) is 0 Å². The molecule has 5 heteroatoms. The van der Waals surface area contributed by atoms with E-state index in [1.165, 1.54) is 5.56 Å². The summed E-state index contributed by atoms with van der Waals surface area (Å²) < 4.78 is 5.12. The molecule has 0 aliphatic heterocycles. The largest absolute Gasteiger partial charge is 0.480 e. The predicted octanol–water partition coefficient (Wildman–Crippen LogP) is 2.99. The van der Waals surface area contributed by atoms with Crippen molar-refractivity contribution in [1.29, 1.82) is 0 Å². The van der Waals surface area contributed by atoms with Crippen LogP contribution in [0.4, 0.5) is 4.79 Å². The second-order valence-electron chi connectivity index (χ2n) is 6.33. The van der Waals surface area contributed by atoms with Gasteiger partial charge in [0, 0.05) is 6.42 Å². The van der Waals surface area contributed by atoms with Crippen LogP contribution in [-0.2, 0) is 16.0 Å². The summed E-state index contributed by atoms with van der Waals surface area (Å²) in [5.74, 6) is -1.07. The third kappa shape index (κ3) is 4.10. The van der Waals surface area contributed by atoms with Gasteiger partial charge in [0.05, 0.1) is 0 Å². The Bertz CT molecular complexity index is 613. The first-order chi connectivity index (χ1) is 10.3. The fraction of sp³-hybridized carbons (Fsp3) is 0.412. The molecule has 1 atom stereocenters. The maximum atomic E-state index is 11.8. The van der Waals surface area contributed by atoms with E-state index in [1.807, 2.05) is 30.3 Å². The molecular weight excluding hydrogens is 282 g/mol. The van der Waals surface area contributed by atoms with E-state index in [1.54, 1.807) is 20.8 Å². The molecule has 118 valence electrons. The number of fused-ring (bicyclic) bond motifs is 1. The SMILES string of the molecule is CC(C)(C)OC(=O)N[C@H](CC1=CCc2ccccc21)C(=O)O. The Morgan fingerprint density at radius 1 is 1.32 bits per heavy atom. The molecular formula is C17H21NO4. The minimum atomic E-state index is -1.07. The minimum Gasteiger partial charge on any atom is -0.480 e. The van der Waals surface area contributed by atoms with Gasteiger partial charge < -0.3 is 15.2 Å². The molecule has 0 saturated heterocycles. The summed E-state index contributed by atoms with van der Waals surface area (Å²) in [6.07, 6.45) is 2.33. The lowest BCUT2D eigenvalue weighted by Gasteiger charge is -2.22. The van der Waals surface area contributed by atoms with Crippen LogP contribution < -0.4 is 5.32 Å². The molecule has 5 nitrogen and oxygen atoms in total. The van der Waals surface area contributed by atoms with Crippen LogP contribution in [0.1, 0.15) is 38.3 Å². The van der Waals surface area contributed by atoms with Crippen LogP contribution in [0.3, 0.4) is 0 Å². The van der Waals surface area contributed by atoms with Crippen LogP contribution in [-0.4, -0.2) is 28.8 Å². The van der Waals surface area contributed by atoms with Gasteiger partial charge in [-0.3, -0.25) is 0 Å². The summed E-state index contributed by atoms with van der Waals surface area (Å²) in [7, 11) is 0. The molecule has 0 spiro atoms. The molecule has 1 aromatic rings. The first-order valence-corrected chi connectivity index (χ1v) is 7.26. The van der Waals surface area contributed by atoms with Gasteiger partial charge in [-0.25, -0.2) is 9.59 Å². The average molecular weight is 303 g/mol. The van der Waals surface area contributed by atoms with Crippen LogP contribution in [0.2, 0.25) is 0 Å². The normalized spacial score (nSPS) is 14.8. The highest BCUT2D eigenvalue weighted by atomic mass is 16.6. The number of rotatable bonds is 4. The summed E-state index contributed by atoms with van der Waals surface area (Å²) in [5, 5.41) is 11.8. The number of alkyl carbamates (subject to hydrolysis) is 1. The van der Waals surface area contributed by atoms with Gasteiger partial charge in [0.1, 0.15) is 11.6 Å². The summed E-state index contributed by atoms with van der Waals surface area (Å²) in [5.41, 5.74) is 2.52. The van der Waals surface area contributed by atoms with Crippen LogP contribution in [0.15, 0.2) is 30.3 Å². The van der Waals surface area contributed by atoms with E-state index in [4.69, 9.17) is 4.74 Å². The molecule has 0 bridgehead atoms. The number of carbonyl (C=O) groups is 2. The average Bonchev–Trinajstić information content (AvgIpc) is 2.79. The van der Waals surface area contributed by atoms with E-state index in [0.29, 0.717) is 0 Å². The maximum absolute atomic E-state index is 11.8. The molecule has 2 N–H and O–H groups in total. The maximum Gasteiger partial charge on any atom is 0.408 e. The fourth-order valence-electron chi connectivity index (χ4n) is 2.42. The van der Waals surface area contributed by atoms with Gasteiger partial charge in [0.15, 0.2) is 0 Å². The highest BCUT2D eigenvalue weighted by Crippen LogP contribution is 2.30. The molecule has 0 radical (unpaired) electrons. The number of amides is 1. The smallest absolute Gasteiger partial charge is 0.408 e. The first-order valence-electron chi connectivity index (χ1n) is 7.26. The lowest BCUT2D eigenvalue weighted by Crippen LogP contribution is -2.43. The molecule has 1 aliphatic rings. The quantitative estimate of drug-likeness (QED) is 0.896. The van der Waals surface area contributed by atoms with E-state index < -0.39 is 23.7 Å². The summed E-state index contributed by atoms with van der Waals surface area (Å²) in [6.45, 7) is 5.20. The van der Waals surface area contributed by atoms with E-state index in [9.17, 15) is 14.7 Å². The number of allylic oxidation sites excluding steroid dienone is 1. The molecule has 0 aromatic heterocycles. The molecule has 2 rings (SSSR count). The third-order valence-corrected chi connectivity index (χ3v) is 3.34. The highest BCUT2D eigenvalue weighted by molar-refractivity contribution is 5.84. The molecule has 0 unspecified atom stereocenters. The van der Waals surface area contributed by atoms with Gasteiger partial charge in [-0.15, -0.1) is 0 Å². The zero-order valence-corrected chi connectivity index (χ0v) is 13.1. The third-order valence-electron chi connectivity index (χ3n) is 3.34. The van der Waals surface area contributed by atoms with Gasteiger partial charge in [-0.05, 0) is 43.9 Å². The Morgan fingerprint density at radius 3 is 2.64 bits per heavy atom. The van der Waals surface area contributed by atoms with Crippen molar-refractivity contribution in [2.45, 2.75) is 45.3 Å². The molecule has 22 heavy (non-hydrogen) atoms. The summed E-state index contributed by atoms with van der Waals surface area (Å²) >= 11 is 0. The molecule has 1 amide bonds. The number of nitrogens with one attached hydrogen (secondary N) is 1. The summed E-state index contributed by atoms with van der Waals surface area (Å²) in [6, 6.07) is 6.88. The Kier molecular flexibility index (Phi) is 4.54. The van der Waals surface area contributed by atoms with E-state index in [-0.39, 0.29) is 6.42 Å². The van der Waals surface area contributed by atoms with E-state index in [2.05, 4.69) is 5.32 Å². The number of aliphatic carboxylic acids is 1. The van der Waals surface area contributed by atoms with Crippen molar-refractivity contribution in [3.63, 3.8) is 0 Å². The van der Waals surface area contributed by atoms with Crippen LogP contribution in [0.25, 0.3) is 5.57 Å². The Morgan fingerprint density at radius 2 is 2.00 bits per heavy atom. The molecule has 0 heterocycles. The van der Waals surface area contributed by atoms with Gasteiger partial charge in [-0.1, -0.05) is 30.3 Å². The zero-order valence-electron chi connectivity index (χ0n) is 13.1. The molecule has 0 fully saturated rings. The Labute approximate surface area is 130 Å². The highest BCUT2D eigenvalue weighted by Gasteiger charge is 2.26. The Balaban J connectivity index is 2.05. The van der Waals surface area contributed by atoms with Crippen molar-refractivity contribution < 1.29 is 19.4 Å². The number of benzene rings is 1. The lowest BCUT2D eigenvalue weighted by molar-refractivity contribution is -0.139. The number of carbonyl (C=O) groups excluding carboxylic acids is 1. The van der Waals surface area contributed by atoms with Crippen LogP contribution in [0.5, 0.6) is 0 Å². The van der Waals surface area contributed by atoms with Crippen molar-refractivity contribution >= 4 is 17.6 Å². The summed E-state index contributed by atoms with van der Waals surface area (Å²) in [4.78, 5) is 23.2. The molecule has 1 aliphatic carbocycles. The lowest BCUT2D eigenvalue weighted by atomic mass is 10.00. The number of carboxylic acid groups (broad SMARTS) is 1. The molecule has 0 saturated carbocycles. The fourth-order valence-corrected chi connectivity index (χ4v) is 2.42. The monoisotopic (exact) mass is 303 g/mol. The number of carboxylic acids is 1. The van der Waals surface area contributed by atoms with Crippen molar-refractivity contribution in [2.24, 2.45) is 0 Å². The van der Waals surface area contributed by atoms with Crippen molar-refractivity contribution in [1.82, 2.24) is 5.32 Å². The number of hydrogen-bond acceptors (Lipinski definition) is 3. The predicted molar refractivity (Wildman–Crippen MR) is 83.5 cm³/mol. The number of ether oxygens (including phenoxy) is 1. The second kappa shape index (κ2) is 6.22.